The third-order valence-electron chi connectivity index (χ3n) is 5.15. The van der Waals surface area contributed by atoms with Crippen molar-refractivity contribution < 1.29 is 17.2 Å². The van der Waals surface area contributed by atoms with Crippen LogP contribution in [0, 0.1) is 11.6 Å². The van der Waals surface area contributed by atoms with Gasteiger partial charge in [0.15, 0.2) is 16.5 Å². The Morgan fingerprint density at radius 1 is 0.750 bits per heavy atom. The van der Waals surface area contributed by atoms with Crippen LogP contribution in [0.25, 0.3) is 0 Å². The fourth-order valence-electron chi connectivity index (χ4n) is 3.62. The number of halogens is 2. The number of sulfonamides is 1. The summed E-state index contributed by atoms with van der Waals surface area (Å²) in [5.41, 5.74) is 0. The fraction of sp³-hybridized carbons (Fsp3) is 0.444. The highest BCUT2D eigenvalue weighted by molar-refractivity contribution is 7.89. The highest BCUT2D eigenvalue weighted by atomic mass is 32.2. The Bertz CT molecular complexity index is 921. The van der Waals surface area contributed by atoms with Gasteiger partial charge in [0.05, 0.1) is 0 Å². The molecule has 0 saturated carbocycles. The van der Waals surface area contributed by atoms with Crippen LogP contribution in [0.15, 0.2) is 35.2 Å². The second-order valence-electron chi connectivity index (χ2n) is 6.89. The number of hydrogen-bond acceptors (Lipinski definition) is 6. The Labute approximate surface area is 162 Å². The molecule has 1 aromatic heterocycles. The minimum absolute atomic E-state index is 0.117. The zero-order valence-electron chi connectivity index (χ0n) is 15.3. The second-order valence-corrected chi connectivity index (χ2v) is 8.76. The van der Waals surface area contributed by atoms with E-state index < -0.39 is 26.6 Å². The minimum atomic E-state index is -4.23. The monoisotopic (exact) mass is 409 g/mol. The third kappa shape index (κ3) is 3.53. The van der Waals surface area contributed by atoms with Crippen LogP contribution in [0.2, 0.25) is 0 Å². The number of hydrogen-bond donors (Lipinski definition) is 0. The molecule has 4 rings (SSSR count). The number of nitrogens with zero attached hydrogens (tertiary/aromatic N) is 5. The van der Waals surface area contributed by atoms with Crippen LogP contribution < -0.4 is 9.80 Å². The summed E-state index contributed by atoms with van der Waals surface area (Å²) < 4.78 is 54.3. The summed E-state index contributed by atoms with van der Waals surface area (Å²) in [6.45, 7) is 2.94. The molecule has 7 nitrogen and oxygen atoms in total. The lowest BCUT2D eigenvalue weighted by molar-refractivity contribution is 0.377. The zero-order valence-corrected chi connectivity index (χ0v) is 16.1. The van der Waals surface area contributed by atoms with E-state index in [0.717, 1.165) is 54.3 Å². The van der Waals surface area contributed by atoms with E-state index in [0.29, 0.717) is 18.9 Å². The van der Waals surface area contributed by atoms with Crippen molar-refractivity contribution in [1.82, 2.24) is 14.5 Å². The average molecular weight is 409 g/mol. The van der Waals surface area contributed by atoms with Crippen LogP contribution in [0.4, 0.5) is 20.4 Å². The number of piperazine rings is 1. The van der Waals surface area contributed by atoms with Gasteiger partial charge in [0.25, 0.3) is 0 Å². The smallest absolute Gasteiger partial charge is 0.249 e. The van der Waals surface area contributed by atoms with Crippen molar-refractivity contribution in [3.63, 3.8) is 0 Å². The molecule has 0 radical (unpaired) electrons. The molecule has 0 N–H and O–H groups in total. The van der Waals surface area contributed by atoms with Crippen LogP contribution in [0.1, 0.15) is 12.8 Å². The summed E-state index contributed by atoms with van der Waals surface area (Å²) in [6, 6.07) is 6.84. The maximum Gasteiger partial charge on any atom is 0.249 e. The zero-order chi connectivity index (χ0) is 19.7. The van der Waals surface area contributed by atoms with Gasteiger partial charge in [-0.3, -0.25) is 0 Å². The van der Waals surface area contributed by atoms with E-state index in [1.165, 1.54) is 0 Å². The summed E-state index contributed by atoms with van der Waals surface area (Å²) in [5.74, 6) is -0.647. The number of anilines is 2. The molecule has 2 fully saturated rings. The highest BCUT2D eigenvalue weighted by Gasteiger charge is 2.33. The standard InChI is InChI=1S/C18H21F2N5O2S/c19-14-4-3-5-15(20)18(14)28(26,27)25-12-10-24(11-13-25)17-7-6-16(21-22-17)23-8-1-2-9-23/h3-7H,1-2,8-13H2. The molecule has 0 atom stereocenters. The predicted molar refractivity (Wildman–Crippen MR) is 101 cm³/mol. The SMILES string of the molecule is O=S(=O)(c1c(F)cccc1F)N1CCN(c2ccc(N3CCCC3)nn2)CC1. The first kappa shape index (κ1) is 19.0. The highest BCUT2D eigenvalue weighted by Crippen LogP contribution is 2.25. The first-order valence-electron chi connectivity index (χ1n) is 9.24. The summed E-state index contributed by atoms with van der Waals surface area (Å²) in [5, 5.41) is 8.54. The molecule has 28 heavy (non-hydrogen) atoms. The van der Waals surface area contributed by atoms with E-state index in [4.69, 9.17) is 0 Å². The summed E-state index contributed by atoms with van der Waals surface area (Å²) in [4.78, 5) is 3.22. The van der Waals surface area contributed by atoms with Crippen LogP contribution in [0.3, 0.4) is 0 Å². The van der Waals surface area contributed by atoms with Crippen molar-refractivity contribution >= 4 is 21.7 Å². The molecule has 10 heteroatoms. The average Bonchev–Trinajstić information content (AvgIpc) is 3.23. The Morgan fingerprint density at radius 2 is 1.25 bits per heavy atom. The lowest BCUT2D eigenvalue weighted by atomic mass is 10.3. The van der Waals surface area contributed by atoms with Gasteiger partial charge >= 0.3 is 0 Å². The molecule has 0 amide bonds. The molecule has 0 spiro atoms. The van der Waals surface area contributed by atoms with Gasteiger partial charge in [0.2, 0.25) is 10.0 Å². The molecular formula is C18H21F2N5O2S. The lowest BCUT2D eigenvalue weighted by Gasteiger charge is -2.34. The van der Waals surface area contributed by atoms with E-state index in [2.05, 4.69) is 15.1 Å². The van der Waals surface area contributed by atoms with Crippen LogP contribution in [-0.4, -0.2) is 62.2 Å². The van der Waals surface area contributed by atoms with E-state index in [-0.39, 0.29) is 13.1 Å². The molecular weight excluding hydrogens is 388 g/mol. The Kier molecular flexibility index (Phi) is 5.15. The fourth-order valence-corrected chi connectivity index (χ4v) is 5.15. The lowest BCUT2D eigenvalue weighted by Crippen LogP contribution is -2.49. The van der Waals surface area contributed by atoms with Crippen molar-refractivity contribution in [1.29, 1.82) is 0 Å². The van der Waals surface area contributed by atoms with Crippen LogP contribution >= 0.6 is 0 Å². The van der Waals surface area contributed by atoms with E-state index in [1.54, 1.807) is 0 Å². The molecule has 1 aromatic carbocycles. The third-order valence-corrected chi connectivity index (χ3v) is 7.10. The van der Waals surface area contributed by atoms with E-state index in [1.807, 2.05) is 17.0 Å². The summed E-state index contributed by atoms with van der Waals surface area (Å²) >= 11 is 0. The molecule has 2 aromatic rings. The minimum Gasteiger partial charge on any atom is -0.355 e. The van der Waals surface area contributed by atoms with Gasteiger partial charge in [-0.1, -0.05) is 6.07 Å². The Balaban J connectivity index is 1.44. The molecule has 0 bridgehead atoms. The van der Waals surface area contributed by atoms with E-state index in [9.17, 15) is 17.2 Å². The normalized spacial score (nSPS) is 18.6. The van der Waals surface area contributed by atoms with Gasteiger partial charge < -0.3 is 9.80 Å². The first-order valence-corrected chi connectivity index (χ1v) is 10.7. The molecule has 0 unspecified atom stereocenters. The molecule has 2 aliphatic heterocycles. The van der Waals surface area contributed by atoms with Gasteiger partial charge in [-0.2, -0.15) is 4.31 Å². The Hall–Kier alpha value is -2.33. The van der Waals surface area contributed by atoms with Crippen LogP contribution in [0.5, 0.6) is 0 Å². The van der Waals surface area contributed by atoms with E-state index >= 15 is 0 Å². The van der Waals surface area contributed by atoms with Crippen LogP contribution in [-0.2, 0) is 10.0 Å². The van der Waals surface area contributed by atoms with Crippen molar-refractivity contribution in [2.45, 2.75) is 17.7 Å². The molecule has 150 valence electrons. The molecule has 0 aliphatic carbocycles. The number of rotatable bonds is 4. The topological polar surface area (TPSA) is 69.6 Å². The number of aromatic nitrogens is 2. The van der Waals surface area contributed by atoms with Gasteiger partial charge in [-0.25, -0.2) is 17.2 Å². The molecule has 2 saturated heterocycles. The van der Waals surface area contributed by atoms with Gasteiger partial charge in [0, 0.05) is 39.3 Å². The van der Waals surface area contributed by atoms with Crippen molar-refractivity contribution in [3.05, 3.63) is 42.0 Å². The predicted octanol–water partition coefficient (Wildman–Crippen LogP) is 1.87. The molecule has 2 aliphatic rings. The second kappa shape index (κ2) is 7.59. The van der Waals surface area contributed by atoms with Crippen molar-refractivity contribution in [2.24, 2.45) is 0 Å². The largest absolute Gasteiger partial charge is 0.355 e. The first-order chi connectivity index (χ1) is 13.5. The maximum absolute atomic E-state index is 13.9. The maximum atomic E-state index is 13.9. The van der Waals surface area contributed by atoms with Gasteiger partial charge in [-0.15, -0.1) is 10.2 Å². The molecule has 3 heterocycles. The van der Waals surface area contributed by atoms with Gasteiger partial charge in [-0.05, 0) is 37.1 Å². The Morgan fingerprint density at radius 3 is 1.75 bits per heavy atom. The van der Waals surface area contributed by atoms with Crippen molar-refractivity contribution in [2.75, 3.05) is 49.1 Å². The number of benzene rings is 1. The summed E-state index contributed by atoms with van der Waals surface area (Å²) in [6.07, 6.45) is 2.31. The summed E-state index contributed by atoms with van der Waals surface area (Å²) in [7, 11) is -4.23. The van der Waals surface area contributed by atoms with Gasteiger partial charge in [0.1, 0.15) is 11.6 Å². The van der Waals surface area contributed by atoms with Crippen molar-refractivity contribution in [3.8, 4) is 0 Å². The quantitative estimate of drug-likeness (QED) is 0.768.